The van der Waals surface area contributed by atoms with Gasteiger partial charge in [0, 0.05) is 12.2 Å². The van der Waals surface area contributed by atoms with Crippen molar-refractivity contribution in [2.24, 2.45) is 0 Å². The second-order valence-corrected chi connectivity index (χ2v) is 6.36. The van der Waals surface area contributed by atoms with Crippen molar-refractivity contribution < 1.29 is 4.79 Å². The fourth-order valence-corrected chi connectivity index (χ4v) is 3.21. The Morgan fingerprint density at radius 2 is 1.86 bits per heavy atom. The lowest BCUT2D eigenvalue weighted by atomic mass is 10.2. The Labute approximate surface area is 160 Å². The first-order valence-electron chi connectivity index (χ1n) is 8.98. The predicted molar refractivity (Wildman–Crippen MR) is 104 cm³/mol. The Balaban J connectivity index is 1.59. The third-order valence-electron chi connectivity index (χ3n) is 4.42. The Morgan fingerprint density at radius 1 is 1.07 bits per heavy atom. The second-order valence-electron chi connectivity index (χ2n) is 6.36. The molecule has 2 aromatic heterocycles. The third-order valence-corrected chi connectivity index (χ3v) is 4.42. The number of aryl methyl sites for hydroxylation is 1. The van der Waals surface area contributed by atoms with E-state index in [9.17, 15) is 9.59 Å². The average Bonchev–Trinajstić information content (AvgIpc) is 3.32. The molecule has 0 aliphatic carbocycles. The average molecular weight is 377 g/mol. The first kappa shape index (κ1) is 17.7. The maximum absolute atomic E-state index is 12.8. The number of aromatic nitrogens is 6. The van der Waals surface area contributed by atoms with Crippen LogP contribution in [0.4, 0.5) is 5.69 Å². The smallest absolute Gasteiger partial charge is 0.324 e. The fraction of sp³-hybridized carbons (Fsp3) is 0.211. The highest BCUT2D eigenvalue weighted by Gasteiger charge is 2.15. The number of rotatable bonds is 6. The summed E-state index contributed by atoms with van der Waals surface area (Å²) < 4.78 is 4.71. The van der Waals surface area contributed by atoms with Gasteiger partial charge < -0.3 is 5.32 Å². The van der Waals surface area contributed by atoms with Gasteiger partial charge in [0.2, 0.25) is 5.91 Å². The molecular weight excluding hydrogens is 358 g/mol. The Bertz CT molecular complexity index is 1170. The summed E-state index contributed by atoms with van der Waals surface area (Å²) in [5.41, 5.74) is 2.73. The topological polar surface area (TPSA) is 99.6 Å². The second kappa shape index (κ2) is 7.47. The highest BCUT2D eigenvalue weighted by Crippen LogP contribution is 2.15. The molecule has 0 radical (unpaired) electrons. The summed E-state index contributed by atoms with van der Waals surface area (Å²) in [6.45, 7) is 2.57. The summed E-state index contributed by atoms with van der Waals surface area (Å²) in [5.74, 6) is -0.282. The van der Waals surface area contributed by atoms with Crippen molar-refractivity contribution in [1.82, 2.24) is 29.3 Å². The largest absolute Gasteiger partial charge is 0.329 e. The van der Waals surface area contributed by atoms with Gasteiger partial charge in [-0.3, -0.25) is 13.9 Å². The lowest BCUT2D eigenvalue weighted by Crippen LogP contribution is -2.29. The van der Waals surface area contributed by atoms with E-state index in [1.165, 1.54) is 15.6 Å². The molecule has 2 aromatic carbocycles. The van der Waals surface area contributed by atoms with Crippen molar-refractivity contribution in [3.63, 3.8) is 0 Å². The van der Waals surface area contributed by atoms with Crippen LogP contribution >= 0.6 is 0 Å². The molecule has 0 bridgehead atoms. The number of carbonyl (C=O) groups excluding carboxylic acids is 1. The molecule has 28 heavy (non-hydrogen) atoms. The molecule has 4 aromatic rings. The molecule has 0 aliphatic heterocycles. The zero-order chi connectivity index (χ0) is 19.5. The highest BCUT2D eigenvalue weighted by molar-refractivity contribution is 5.91. The normalized spacial score (nSPS) is 11.0. The zero-order valence-electron chi connectivity index (χ0n) is 15.3. The number of carbonyl (C=O) groups is 1. The van der Waals surface area contributed by atoms with Gasteiger partial charge in [-0.2, -0.15) is 0 Å². The van der Waals surface area contributed by atoms with Crippen LogP contribution in [0.25, 0.3) is 16.7 Å². The van der Waals surface area contributed by atoms with Crippen LogP contribution < -0.4 is 11.0 Å². The number of para-hydroxylation sites is 2. The van der Waals surface area contributed by atoms with Crippen LogP contribution in [0.1, 0.15) is 13.3 Å². The first-order chi connectivity index (χ1) is 13.7. The molecule has 0 saturated carbocycles. The van der Waals surface area contributed by atoms with Crippen molar-refractivity contribution in [2.45, 2.75) is 26.4 Å². The van der Waals surface area contributed by atoms with E-state index < -0.39 is 0 Å². The minimum Gasteiger partial charge on any atom is -0.324 e. The van der Waals surface area contributed by atoms with Crippen LogP contribution in [0.2, 0.25) is 0 Å². The molecule has 9 heteroatoms. The summed E-state index contributed by atoms with van der Waals surface area (Å²) in [4.78, 5) is 25.4. The van der Waals surface area contributed by atoms with Gasteiger partial charge in [-0.25, -0.2) is 9.48 Å². The van der Waals surface area contributed by atoms with Crippen molar-refractivity contribution in [1.29, 1.82) is 0 Å². The summed E-state index contributed by atoms with van der Waals surface area (Å²) in [7, 11) is 0. The number of tetrazole rings is 1. The summed E-state index contributed by atoms with van der Waals surface area (Å²) >= 11 is 0. The lowest BCUT2D eigenvalue weighted by molar-refractivity contribution is -0.116. The fourth-order valence-electron chi connectivity index (χ4n) is 3.21. The maximum atomic E-state index is 12.8. The van der Waals surface area contributed by atoms with Gasteiger partial charge in [-0.05, 0) is 47.2 Å². The van der Waals surface area contributed by atoms with Crippen LogP contribution in [-0.4, -0.2) is 35.2 Å². The summed E-state index contributed by atoms with van der Waals surface area (Å²) in [6.07, 6.45) is 2.31. The van der Waals surface area contributed by atoms with E-state index >= 15 is 0 Å². The first-order valence-corrected chi connectivity index (χ1v) is 8.98. The van der Waals surface area contributed by atoms with E-state index in [0.717, 1.165) is 23.1 Å². The van der Waals surface area contributed by atoms with E-state index in [1.807, 2.05) is 37.3 Å². The Morgan fingerprint density at radius 3 is 2.57 bits per heavy atom. The molecule has 0 aliphatic rings. The monoisotopic (exact) mass is 377 g/mol. The van der Waals surface area contributed by atoms with Gasteiger partial charge in [0.15, 0.2) is 0 Å². The van der Waals surface area contributed by atoms with Crippen LogP contribution in [0.5, 0.6) is 0 Å². The quantitative estimate of drug-likeness (QED) is 0.553. The minimum absolute atomic E-state index is 0.0643. The molecule has 0 saturated heterocycles. The SMILES string of the molecule is CCCn1c(=O)n(CC(=O)Nc2cccc(-n3cnnn3)c2)c2ccccc21. The van der Waals surface area contributed by atoms with Gasteiger partial charge >= 0.3 is 5.69 Å². The number of benzene rings is 2. The predicted octanol–water partition coefficient (Wildman–Crippen LogP) is 1.83. The molecule has 1 amide bonds. The van der Waals surface area contributed by atoms with Gasteiger partial charge in [0.25, 0.3) is 0 Å². The van der Waals surface area contributed by atoms with Crippen LogP contribution in [-0.2, 0) is 17.9 Å². The molecule has 9 nitrogen and oxygen atoms in total. The Hall–Kier alpha value is -3.75. The lowest BCUT2D eigenvalue weighted by Gasteiger charge is -2.08. The van der Waals surface area contributed by atoms with Crippen molar-refractivity contribution in [3.05, 3.63) is 65.3 Å². The van der Waals surface area contributed by atoms with Crippen LogP contribution in [0.3, 0.4) is 0 Å². The third kappa shape index (κ3) is 3.29. The molecule has 0 spiro atoms. The molecule has 4 rings (SSSR count). The standard InChI is InChI=1S/C19H19N7O2/c1-2-10-24-16-8-3-4-9-17(16)25(19(24)28)12-18(27)21-14-6-5-7-15(11-14)26-13-20-22-23-26/h3-9,11,13H,2,10,12H2,1H3,(H,21,27). The summed E-state index contributed by atoms with van der Waals surface area (Å²) in [5, 5.41) is 13.9. The van der Waals surface area contributed by atoms with Gasteiger partial charge in [0.1, 0.15) is 12.9 Å². The molecule has 1 N–H and O–H groups in total. The number of nitrogens with zero attached hydrogens (tertiary/aromatic N) is 6. The zero-order valence-corrected chi connectivity index (χ0v) is 15.3. The number of fused-ring (bicyclic) bond motifs is 1. The van der Waals surface area contributed by atoms with Crippen molar-refractivity contribution >= 4 is 22.6 Å². The molecule has 2 heterocycles. The van der Waals surface area contributed by atoms with Crippen LogP contribution in [0.15, 0.2) is 59.7 Å². The van der Waals surface area contributed by atoms with Gasteiger partial charge in [0.05, 0.1) is 16.7 Å². The Kier molecular flexibility index (Phi) is 4.71. The molecular formula is C19H19N7O2. The molecule has 0 unspecified atom stereocenters. The van der Waals surface area contributed by atoms with E-state index in [-0.39, 0.29) is 18.1 Å². The van der Waals surface area contributed by atoms with Gasteiger partial charge in [-0.1, -0.05) is 25.1 Å². The van der Waals surface area contributed by atoms with Crippen molar-refractivity contribution in [2.75, 3.05) is 5.32 Å². The number of amides is 1. The number of nitrogens with one attached hydrogen (secondary N) is 1. The number of imidazole rings is 1. The van der Waals surface area contributed by atoms with E-state index in [4.69, 9.17) is 0 Å². The molecule has 0 fully saturated rings. The summed E-state index contributed by atoms with van der Waals surface area (Å²) in [6, 6.07) is 14.7. The van der Waals surface area contributed by atoms with Crippen LogP contribution in [0, 0.1) is 0 Å². The minimum atomic E-state index is -0.282. The molecule has 0 atom stereocenters. The van der Waals surface area contributed by atoms with Crippen molar-refractivity contribution in [3.8, 4) is 5.69 Å². The van der Waals surface area contributed by atoms with E-state index in [2.05, 4.69) is 20.8 Å². The number of anilines is 1. The molecule has 142 valence electrons. The number of hydrogen-bond donors (Lipinski definition) is 1. The maximum Gasteiger partial charge on any atom is 0.329 e. The van der Waals surface area contributed by atoms with E-state index in [1.54, 1.807) is 22.8 Å². The highest BCUT2D eigenvalue weighted by atomic mass is 16.2. The van der Waals surface area contributed by atoms with E-state index in [0.29, 0.717) is 12.2 Å². The number of hydrogen-bond acceptors (Lipinski definition) is 5. The van der Waals surface area contributed by atoms with Gasteiger partial charge in [-0.15, -0.1) is 5.10 Å².